The zero-order valence-electron chi connectivity index (χ0n) is 11.7. The number of nitrogens with zero attached hydrogens (tertiary/aromatic N) is 3. The average Bonchev–Trinajstić information content (AvgIpc) is 2.63. The second-order valence-electron chi connectivity index (χ2n) is 5.81. The Bertz CT molecular complexity index is 461. The predicted molar refractivity (Wildman–Crippen MR) is 75.5 cm³/mol. The van der Waals surface area contributed by atoms with Crippen molar-refractivity contribution >= 4 is 5.95 Å². The van der Waals surface area contributed by atoms with Crippen molar-refractivity contribution in [2.45, 2.75) is 58.0 Å². The molecule has 0 unspecified atom stereocenters. The third-order valence-electron chi connectivity index (χ3n) is 4.36. The van der Waals surface area contributed by atoms with Crippen LogP contribution in [0.4, 0.5) is 5.95 Å². The summed E-state index contributed by atoms with van der Waals surface area (Å²) in [7, 11) is 0. The van der Waals surface area contributed by atoms with Crippen LogP contribution in [0, 0.1) is 6.92 Å². The Morgan fingerprint density at radius 1 is 1.05 bits per heavy atom. The van der Waals surface area contributed by atoms with Crippen molar-refractivity contribution in [3.63, 3.8) is 0 Å². The molecule has 1 atom stereocenters. The molecule has 4 heteroatoms. The molecular formula is C15H23N3O. The van der Waals surface area contributed by atoms with Gasteiger partial charge in [0.05, 0.1) is 6.10 Å². The molecule has 0 radical (unpaired) electrons. The molecule has 1 aromatic rings. The Balaban J connectivity index is 1.86. The Morgan fingerprint density at radius 3 is 2.79 bits per heavy atom. The van der Waals surface area contributed by atoms with Crippen molar-refractivity contribution in [1.82, 2.24) is 9.97 Å². The lowest BCUT2D eigenvalue weighted by Crippen LogP contribution is -2.28. The molecule has 1 aliphatic heterocycles. The minimum absolute atomic E-state index is 0.149. The molecule has 1 aliphatic carbocycles. The Labute approximate surface area is 114 Å². The number of aromatic nitrogens is 2. The van der Waals surface area contributed by atoms with Gasteiger partial charge in [-0.2, -0.15) is 0 Å². The van der Waals surface area contributed by atoms with E-state index in [0.29, 0.717) is 0 Å². The summed E-state index contributed by atoms with van der Waals surface area (Å²) in [5.41, 5.74) is 3.80. The van der Waals surface area contributed by atoms with E-state index in [1.165, 1.54) is 24.1 Å². The highest BCUT2D eigenvalue weighted by Gasteiger charge is 2.20. The number of anilines is 1. The molecular weight excluding hydrogens is 238 g/mol. The highest BCUT2D eigenvalue weighted by atomic mass is 16.3. The maximum absolute atomic E-state index is 9.73. The van der Waals surface area contributed by atoms with Crippen LogP contribution in [0.25, 0.3) is 0 Å². The van der Waals surface area contributed by atoms with Gasteiger partial charge < -0.3 is 10.0 Å². The van der Waals surface area contributed by atoms with E-state index in [4.69, 9.17) is 9.97 Å². The van der Waals surface area contributed by atoms with Crippen LogP contribution in [0.15, 0.2) is 0 Å². The van der Waals surface area contributed by atoms with Gasteiger partial charge in [-0.25, -0.2) is 9.97 Å². The minimum Gasteiger partial charge on any atom is -0.393 e. The van der Waals surface area contributed by atoms with E-state index >= 15 is 0 Å². The summed E-state index contributed by atoms with van der Waals surface area (Å²) < 4.78 is 0. The van der Waals surface area contributed by atoms with Crippen LogP contribution in [-0.2, 0) is 12.8 Å². The van der Waals surface area contributed by atoms with Gasteiger partial charge in [-0.3, -0.25) is 0 Å². The van der Waals surface area contributed by atoms with Crippen molar-refractivity contribution in [3.8, 4) is 0 Å². The van der Waals surface area contributed by atoms with Crippen LogP contribution < -0.4 is 4.90 Å². The van der Waals surface area contributed by atoms with Gasteiger partial charge >= 0.3 is 0 Å². The first-order valence-corrected chi connectivity index (χ1v) is 7.53. The Morgan fingerprint density at radius 2 is 1.89 bits per heavy atom. The SMILES string of the molecule is Cc1nc(N2CCC[C@H](O)CC2)nc2c1CCCC2. The molecule has 1 aromatic heterocycles. The number of aliphatic hydroxyl groups excluding tert-OH is 1. The molecule has 3 rings (SSSR count). The number of rotatable bonds is 1. The van der Waals surface area contributed by atoms with Crippen LogP contribution in [0.2, 0.25) is 0 Å². The van der Waals surface area contributed by atoms with Crippen LogP contribution in [0.5, 0.6) is 0 Å². The number of hydrogen-bond acceptors (Lipinski definition) is 4. The van der Waals surface area contributed by atoms with Crippen LogP contribution in [0.1, 0.15) is 49.1 Å². The van der Waals surface area contributed by atoms with Crippen LogP contribution in [-0.4, -0.2) is 34.3 Å². The molecule has 0 aromatic carbocycles. The zero-order chi connectivity index (χ0) is 13.2. The lowest BCUT2D eigenvalue weighted by atomic mass is 9.95. The van der Waals surface area contributed by atoms with Gasteiger partial charge in [-0.05, 0) is 57.4 Å². The second-order valence-corrected chi connectivity index (χ2v) is 5.81. The largest absolute Gasteiger partial charge is 0.393 e. The van der Waals surface area contributed by atoms with Crippen molar-refractivity contribution in [1.29, 1.82) is 0 Å². The first-order chi connectivity index (χ1) is 9.24. The molecule has 0 amide bonds. The molecule has 4 nitrogen and oxygen atoms in total. The zero-order valence-corrected chi connectivity index (χ0v) is 11.7. The van der Waals surface area contributed by atoms with E-state index in [9.17, 15) is 5.11 Å². The monoisotopic (exact) mass is 261 g/mol. The molecule has 0 saturated carbocycles. The lowest BCUT2D eigenvalue weighted by molar-refractivity contribution is 0.161. The van der Waals surface area contributed by atoms with Gasteiger partial charge in [-0.1, -0.05) is 0 Å². The third kappa shape index (κ3) is 2.73. The van der Waals surface area contributed by atoms with E-state index in [1.807, 2.05) is 0 Å². The summed E-state index contributed by atoms with van der Waals surface area (Å²) in [4.78, 5) is 11.8. The summed E-state index contributed by atoms with van der Waals surface area (Å²) in [6.45, 7) is 3.96. The standard InChI is InChI=1S/C15H23N3O/c1-11-13-6-2-3-7-14(13)17-15(16-11)18-9-4-5-12(19)8-10-18/h12,19H,2-10H2,1H3/t12-/m0/s1. The first-order valence-electron chi connectivity index (χ1n) is 7.53. The van der Waals surface area contributed by atoms with E-state index in [2.05, 4.69) is 11.8 Å². The first kappa shape index (κ1) is 12.9. The van der Waals surface area contributed by atoms with E-state index in [1.54, 1.807) is 0 Å². The number of aryl methyl sites for hydroxylation is 2. The summed E-state index contributed by atoms with van der Waals surface area (Å²) >= 11 is 0. The molecule has 2 aliphatic rings. The van der Waals surface area contributed by atoms with E-state index in [-0.39, 0.29) is 6.10 Å². The number of aliphatic hydroxyl groups is 1. The summed E-state index contributed by atoms with van der Waals surface area (Å²) in [6, 6.07) is 0. The average molecular weight is 261 g/mol. The maximum Gasteiger partial charge on any atom is 0.225 e. The number of fused-ring (bicyclic) bond motifs is 1. The molecule has 1 fully saturated rings. The molecule has 19 heavy (non-hydrogen) atoms. The van der Waals surface area contributed by atoms with Crippen LogP contribution in [0.3, 0.4) is 0 Å². The second kappa shape index (κ2) is 5.45. The van der Waals surface area contributed by atoms with Gasteiger partial charge in [0.1, 0.15) is 0 Å². The van der Waals surface area contributed by atoms with Crippen LogP contribution >= 0.6 is 0 Å². The number of hydrogen-bond donors (Lipinski definition) is 1. The third-order valence-corrected chi connectivity index (χ3v) is 4.36. The summed E-state index contributed by atoms with van der Waals surface area (Å²) in [5, 5.41) is 9.73. The lowest BCUT2D eigenvalue weighted by Gasteiger charge is -2.24. The van der Waals surface area contributed by atoms with Crippen molar-refractivity contribution in [2.24, 2.45) is 0 Å². The molecule has 0 spiro atoms. The quantitative estimate of drug-likeness (QED) is 0.840. The molecule has 0 bridgehead atoms. The van der Waals surface area contributed by atoms with Gasteiger partial charge in [0.15, 0.2) is 0 Å². The Kier molecular flexibility index (Phi) is 3.69. The normalized spacial score (nSPS) is 23.9. The Hall–Kier alpha value is -1.16. The van der Waals surface area contributed by atoms with Crippen molar-refractivity contribution < 1.29 is 5.11 Å². The maximum atomic E-state index is 9.73. The summed E-state index contributed by atoms with van der Waals surface area (Å²) in [5.74, 6) is 0.882. The minimum atomic E-state index is -0.149. The topological polar surface area (TPSA) is 49.2 Å². The summed E-state index contributed by atoms with van der Waals surface area (Å²) in [6.07, 6.45) is 7.38. The van der Waals surface area contributed by atoms with Gasteiger partial charge in [-0.15, -0.1) is 0 Å². The smallest absolute Gasteiger partial charge is 0.225 e. The molecule has 104 valence electrons. The van der Waals surface area contributed by atoms with E-state index in [0.717, 1.165) is 56.8 Å². The molecule has 1 N–H and O–H groups in total. The van der Waals surface area contributed by atoms with Gasteiger partial charge in [0.2, 0.25) is 5.95 Å². The highest BCUT2D eigenvalue weighted by Crippen LogP contribution is 2.25. The van der Waals surface area contributed by atoms with E-state index < -0.39 is 0 Å². The van der Waals surface area contributed by atoms with Gasteiger partial charge in [0, 0.05) is 24.5 Å². The fourth-order valence-electron chi connectivity index (χ4n) is 3.19. The van der Waals surface area contributed by atoms with Gasteiger partial charge in [0.25, 0.3) is 0 Å². The predicted octanol–water partition coefficient (Wildman–Crippen LogP) is 2.02. The fraction of sp³-hybridized carbons (Fsp3) is 0.733. The fourth-order valence-corrected chi connectivity index (χ4v) is 3.19. The molecule has 2 heterocycles. The highest BCUT2D eigenvalue weighted by molar-refractivity contribution is 5.38. The van der Waals surface area contributed by atoms with Crippen molar-refractivity contribution in [3.05, 3.63) is 17.0 Å². The molecule has 1 saturated heterocycles. The van der Waals surface area contributed by atoms with Crippen molar-refractivity contribution in [2.75, 3.05) is 18.0 Å².